The Balaban J connectivity index is 2.67. The minimum atomic E-state index is -1.21. The standard InChI is InChI=1S/C17H30N4O5S/c1-9(2)7-11(18)16(24)21-6-4-5-13(21)15(23)19-10(3)14(22)20-12(8-27)17(25)26/h9-13,27H,4-8,18H2,1-3H3,(H,19,23)(H,20,22)(H,25,26). The Labute approximate surface area is 164 Å². The number of carboxylic acids is 1. The number of thiol groups is 1. The van der Waals surface area contributed by atoms with Gasteiger partial charge in [-0.15, -0.1) is 0 Å². The number of rotatable bonds is 9. The Morgan fingerprint density at radius 1 is 1.22 bits per heavy atom. The van der Waals surface area contributed by atoms with E-state index in [0.29, 0.717) is 25.8 Å². The average Bonchev–Trinajstić information content (AvgIpc) is 3.07. The molecule has 5 N–H and O–H groups in total. The minimum absolute atomic E-state index is 0.0691. The van der Waals surface area contributed by atoms with Gasteiger partial charge in [-0.05, 0) is 32.1 Å². The van der Waals surface area contributed by atoms with E-state index in [0.717, 1.165) is 0 Å². The first-order chi connectivity index (χ1) is 12.6. The highest BCUT2D eigenvalue weighted by Crippen LogP contribution is 2.20. The number of amides is 3. The summed E-state index contributed by atoms with van der Waals surface area (Å²) < 4.78 is 0. The molecule has 0 spiro atoms. The summed E-state index contributed by atoms with van der Waals surface area (Å²) in [5, 5.41) is 13.8. The van der Waals surface area contributed by atoms with Gasteiger partial charge in [0.1, 0.15) is 18.1 Å². The van der Waals surface area contributed by atoms with Gasteiger partial charge in [0.2, 0.25) is 17.7 Å². The van der Waals surface area contributed by atoms with Crippen molar-refractivity contribution in [3.8, 4) is 0 Å². The van der Waals surface area contributed by atoms with Crippen LogP contribution in [0.3, 0.4) is 0 Å². The molecule has 4 atom stereocenters. The number of nitrogens with two attached hydrogens (primary N) is 1. The highest BCUT2D eigenvalue weighted by molar-refractivity contribution is 7.80. The second kappa shape index (κ2) is 10.5. The van der Waals surface area contributed by atoms with Crippen LogP contribution in [0.25, 0.3) is 0 Å². The number of aliphatic carboxylic acids is 1. The fourth-order valence-corrected chi connectivity index (χ4v) is 3.23. The lowest BCUT2D eigenvalue weighted by molar-refractivity contribution is -0.142. The van der Waals surface area contributed by atoms with Crippen LogP contribution in [0.4, 0.5) is 0 Å². The minimum Gasteiger partial charge on any atom is -0.480 e. The Hall–Kier alpha value is -1.81. The average molecular weight is 403 g/mol. The molecule has 0 aromatic heterocycles. The van der Waals surface area contributed by atoms with E-state index in [2.05, 4.69) is 23.3 Å². The highest BCUT2D eigenvalue weighted by Gasteiger charge is 2.37. The molecule has 0 saturated carbocycles. The van der Waals surface area contributed by atoms with Crippen molar-refractivity contribution in [2.24, 2.45) is 11.7 Å². The number of nitrogens with one attached hydrogen (secondary N) is 2. The van der Waals surface area contributed by atoms with Crippen LogP contribution in [-0.4, -0.2) is 70.2 Å². The SMILES string of the molecule is CC(C)CC(N)C(=O)N1CCCC1C(=O)NC(C)C(=O)NC(CS)C(=O)O. The summed E-state index contributed by atoms with van der Waals surface area (Å²) in [5.41, 5.74) is 5.96. The zero-order valence-corrected chi connectivity index (χ0v) is 16.9. The zero-order chi connectivity index (χ0) is 20.7. The zero-order valence-electron chi connectivity index (χ0n) is 16.0. The molecular formula is C17H30N4O5S. The predicted molar refractivity (Wildman–Crippen MR) is 103 cm³/mol. The van der Waals surface area contributed by atoms with Crippen LogP contribution in [0.1, 0.15) is 40.0 Å². The summed E-state index contributed by atoms with van der Waals surface area (Å²) in [6.07, 6.45) is 1.71. The quantitative estimate of drug-likeness (QED) is 0.325. The van der Waals surface area contributed by atoms with E-state index in [1.807, 2.05) is 13.8 Å². The molecule has 9 nitrogen and oxygen atoms in total. The molecule has 154 valence electrons. The first-order valence-electron chi connectivity index (χ1n) is 9.08. The van der Waals surface area contributed by atoms with Crippen LogP contribution >= 0.6 is 12.6 Å². The van der Waals surface area contributed by atoms with Crippen molar-refractivity contribution < 1.29 is 24.3 Å². The van der Waals surface area contributed by atoms with Crippen LogP contribution in [0.5, 0.6) is 0 Å². The van der Waals surface area contributed by atoms with Crippen molar-refractivity contribution in [3.05, 3.63) is 0 Å². The van der Waals surface area contributed by atoms with Gasteiger partial charge in [0.25, 0.3) is 0 Å². The maximum atomic E-state index is 12.6. The normalized spacial score (nSPS) is 20.1. The lowest BCUT2D eigenvalue weighted by atomic mass is 10.0. The van der Waals surface area contributed by atoms with E-state index >= 15 is 0 Å². The summed E-state index contributed by atoms with van der Waals surface area (Å²) in [6.45, 7) is 5.84. The molecule has 3 amide bonds. The molecule has 1 aliphatic rings. The Kier molecular flexibility index (Phi) is 9.04. The number of hydrogen-bond donors (Lipinski definition) is 5. The first-order valence-corrected chi connectivity index (χ1v) is 9.72. The molecular weight excluding hydrogens is 372 g/mol. The van der Waals surface area contributed by atoms with Gasteiger partial charge in [-0.25, -0.2) is 4.79 Å². The van der Waals surface area contributed by atoms with Gasteiger partial charge in [-0.1, -0.05) is 13.8 Å². The lowest BCUT2D eigenvalue weighted by Gasteiger charge is -2.28. The summed E-state index contributed by atoms with van der Waals surface area (Å²) >= 11 is 3.88. The molecule has 1 fully saturated rings. The van der Waals surface area contributed by atoms with Crippen molar-refractivity contribution in [1.29, 1.82) is 0 Å². The molecule has 27 heavy (non-hydrogen) atoms. The summed E-state index contributed by atoms with van der Waals surface area (Å²) in [6, 6.07) is -3.42. The Bertz CT molecular complexity index is 572. The van der Waals surface area contributed by atoms with Crippen molar-refractivity contribution in [2.75, 3.05) is 12.3 Å². The Morgan fingerprint density at radius 3 is 2.37 bits per heavy atom. The second-order valence-electron chi connectivity index (χ2n) is 7.24. The summed E-state index contributed by atoms with van der Waals surface area (Å²) in [4.78, 5) is 49.6. The maximum absolute atomic E-state index is 12.6. The second-order valence-corrected chi connectivity index (χ2v) is 7.60. The van der Waals surface area contributed by atoms with E-state index in [9.17, 15) is 19.2 Å². The first kappa shape index (κ1) is 23.2. The topological polar surface area (TPSA) is 142 Å². The van der Waals surface area contributed by atoms with E-state index < -0.39 is 42.0 Å². The number of carbonyl (C=O) groups excluding carboxylic acids is 3. The van der Waals surface area contributed by atoms with Crippen LogP contribution in [0.2, 0.25) is 0 Å². The third kappa shape index (κ3) is 6.69. The third-order valence-electron chi connectivity index (χ3n) is 4.43. The molecule has 1 rings (SSSR count). The van der Waals surface area contributed by atoms with Crippen molar-refractivity contribution in [1.82, 2.24) is 15.5 Å². The van der Waals surface area contributed by atoms with Gasteiger partial charge < -0.3 is 26.4 Å². The molecule has 4 unspecified atom stereocenters. The fourth-order valence-electron chi connectivity index (χ4n) is 2.98. The lowest BCUT2D eigenvalue weighted by Crippen LogP contribution is -2.56. The highest BCUT2D eigenvalue weighted by atomic mass is 32.1. The Morgan fingerprint density at radius 2 is 1.85 bits per heavy atom. The smallest absolute Gasteiger partial charge is 0.327 e. The van der Waals surface area contributed by atoms with Gasteiger partial charge in [-0.3, -0.25) is 14.4 Å². The largest absolute Gasteiger partial charge is 0.480 e. The molecule has 0 bridgehead atoms. The summed E-state index contributed by atoms with van der Waals surface area (Å²) in [7, 11) is 0. The molecule has 0 aliphatic carbocycles. The molecule has 0 aromatic carbocycles. The molecule has 10 heteroatoms. The monoisotopic (exact) mass is 402 g/mol. The van der Waals surface area contributed by atoms with Gasteiger partial charge >= 0.3 is 5.97 Å². The third-order valence-corrected chi connectivity index (χ3v) is 4.80. The number of carbonyl (C=O) groups is 4. The maximum Gasteiger partial charge on any atom is 0.327 e. The van der Waals surface area contributed by atoms with Gasteiger partial charge in [0, 0.05) is 12.3 Å². The summed E-state index contributed by atoms with van der Waals surface area (Å²) in [5.74, 6) is -2.35. The molecule has 1 aliphatic heterocycles. The fraction of sp³-hybridized carbons (Fsp3) is 0.765. The molecule has 0 radical (unpaired) electrons. The van der Waals surface area contributed by atoms with E-state index in [1.54, 1.807) is 0 Å². The van der Waals surface area contributed by atoms with Gasteiger partial charge in [0.05, 0.1) is 6.04 Å². The van der Waals surface area contributed by atoms with Crippen LogP contribution < -0.4 is 16.4 Å². The number of carboxylic acid groups (broad SMARTS) is 1. The van der Waals surface area contributed by atoms with Crippen LogP contribution in [0.15, 0.2) is 0 Å². The van der Waals surface area contributed by atoms with Crippen LogP contribution in [-0.2, 0) is 19.2 Å². The predicted octanol–water partition coefficient (Wildman–Crippen LogP) is -0.645. The molecule has 0 aromatic rings. The van der Waals surface area contributed by atoms with Crippen molar-refractivity contribution in [3.63, 3.8) is 0 Å². The number of likely N-dealkylation sites (tertiary alicyclic amines) is 1. The van der Waals surface area contributed by atoms with Gasteiger partial charge in [-0.2, -0.15) is 12.6 Å². The van der Waals surface area contributed by atoms with Crippen LogP contribution in [0, 0.1) is 5.92 Å². The molecule has 1 heterocycles. The number of nitrogens with zero attached hydrogens (tertiary/aromatic N) is 1. The van der Waals surface area contributed by atoms with E-state index in [4.69, 9.17) is 10.8 Å². The number of hydrogen-bond acceptors (Lipinski definition) is 6. The van der Waals surface area contributed by atoms with Gasteiger partial charge in [0.15, 0.2) is 0 Å². The van der Waals surface area contributed by atoms with E-state index in [1.165, 1.54) is 11.8 Å². The van der Waals surface area contributed by atoms with E-state index in [-0.39, 0.29) is 17.6 Å². The van der Waals surface area contributed by atoms with Crippen molar-refractivity contribution in [2.45, 2.75) is 64.2 Å². The molecule has 1 saturated heterocycles. The van der Waals surface area contributed by atoms with Crippen molar-refractivity contribution >= 4 is 36.3 Å².